The second-order valence-corrected chi connectivity index (χ2v) is 30.2. The van der Waals surface area contributed by atoms with Crippen LogP contribution in [-0.2, 0) is 37.3 Å². The second-order valence-electron chi connectivity index (χ2n) is 26.5. The molecule has 1 spiro atoms. The normalized spacial score (nSPS) is 15.2. The van der Waals surface area contributed by atoms with Crippen LogP contribution in [0.5, 0.6) is 11.5 Å². The van der Waals surface area contributed by atoms with Crippen LogP contribution in [-0.4, -0.2) is 13.1 Å². The van der Waals surface area contributed by atoms with E-state index in [2.05, 4.69) is 195 Å². The molecule has 7 heteroatoms. The van der Waals surface area contributed by atoms with Crippen molar-refractivity contribution in [3.05, 3.63) is 271 Å². The molecule has 4 heterocycles. The minimum absolute atomic E-state index is 0. The van der Waals surface area contributed by atoms with Crippen molar-refractivity contribution < 1.29 is 36.8 Å². The molecule has 0 radical (unpaired) electrons. The number of hydrogen-bond acceptors (Lipinski definition) is 5. The monoisotopic (exact) mass is 1350 g/mol. The number of rotatable bonds is 8. The Morgan fingerprint density at radius 3 is 1.72 bits per heavy atom. The molecule has 5 nitrogen and oxygen atoms in total. The molecule has 0 bridgehead atoms. The summed E-state index contributed by atoms with van der Waals surface area (Å²) in [6.07, 6.45) is 1.71. The molecule has 1 aromatic heterocycles. The summed E-state index contributed by atoms with van der Waals surface area (Å²) in [5.74, 6) is 1.23. The van der Waals surface area contributed by atoms with E-state index in [1.54, 1.807) is 12.3 Å². The summed E-state index contributed by atoms with van der Waals surface area (Å²) < 4.78 is 79.3. The van der Waals surface area contributed by atoms with Crippen molar-refractivity contribution in [2.24, 2.45) is 0 Å². The van der Waals surface area contributed by atoms with Gasteiger partial charge < -0.3 is 19.4 Å². The van der Waals surface area contributed by atoms with E-state index in [-0.39, 0.29) is 60.5 Å². The number of aryl methyl sites for hydroxylation is 3. The van der Waals surface area contributed by atoms with Crippen molar-refractivity contribution in [2.45, 2.75) is 99.3 Å². The Kier molecular flexibility index (Phi) is 12.3. The smallest absolute Gasteiger partial charge is 0.135 e. The summed E-state index contributed by atoms with van der Waals surface area (Å²) in [6.45, 7) is 23.5. The van der Waals surface area contributed by atoms with E-state index >= 15 is 0 Å². The zero-order valence-electron chi connectivity index (χ0n) is 59.5. The van der Waals surface area contributed by atoms with E-state index < -0.39 is 33.1 Å². The van der Waals surface area contributed by atoms with Gasteiger partial charge in [0.05, 0.1) is 6.85 Å². The Bertz CT molecular complexity index is 4860. The van der Waals surface area contributed by atoms with E-state index in [4.69, 9.17) is 17.9 Å². The Morgan fingerprint density at radius 2 is 1.08 bits per heavy atom. The molecule has 3 aliphatic heterocycles. The minimum Gasteiger partial charge on any atom is -0.509 e. The third-order valence-electron chi connectivity index (χ3n) is 17.6. The first kappa shape index (κ1) is 49.4. The van der Waals surface area contributed by atoms with Crippen molar-refractivity contribution in [3.8, 4) is 56.0 Å². The summed E-state index contributed by atoms with van der Waals surface area (Å²) in [6, 6.07) is 68.0. The molecule has 14 rings (SSSR count). The van der Waals surface area contributed by atoms with Crippen LogP contribution in [0, 0.1) is 39.5 Å². The van der Waals surface area contributed by atoms with Crippen LogP contribution in [0.3, 0.4) is 0 Å². The Hall–Kier alpha value is -8.54. The fourth-order valence-corrected chi connectivity index (χ4v) is 18.7. The van der Waals surface area contributed by atoms with Gasteiger partial charge in [-0.25, -0.2) is 4.98 Å². The van der Waals surface area contributed by atoms with Crippen molar-refractivity contribution in [1.29, 1.82) is 0 Å². The second kappa shape index (κ2) is 21.9. The molecule has 0 aliphatic carbocycles. The van der Waals surface area contributed by atoms with Crippen molar-refractivity contribution >= 4 is 68.8 Å². The summed E-state index contributed by atoms with van der Waals surface area (Å²) in [5.41, 5.74) is 15.8. The average molecular weight is 1350 g/mol. The van der Waals surface area contributed by atoms with E-state index in [0.717, 1.165) is 71.9 Å². The van der Waals surface area contributed by atoms with Gasteiger partial charge in [-0.2, -0.15) is 12.1 Å². The van der Waals surface area contributed by atoms with Crippen molar-refractivity contribution in [3.63, 3.8) is 0 Å². The van der Waals surface area contributed by atoms with Gasteiger partial charge in [-0.05, 0) is 127 Å². The maximum atomic E-state index is 9.37. The summed E-state index contributed by atoms with van der Waals surface area (Å²) in [5, 5.41) is 4.75. The number of pyridine rings is 1. The van der Waals surface area contributed by atoms with Gasteiger partial charge in [-0.15, -0.1) is 47.9 Å². The molecule has 3 aliphatic rings. The van der Waals surface area contributed by atoms with Crippen LogP contribution in [0.1, 0.15) is 107 Å². The van der Waals surface area contributed by atoms with Crippen LogP contribution in [0.15, 0.2) is 218 Å². The van der Waals surface area contributed by atoms with Crippen molar-refractivity contribution in [2.75, 3.05) is 14.7 Å². The first-order chi connectivity index (χ1) is 45.0. The van der Waals surface area contributed by atoms with Gasteiger partial charge in [0.2, 0.25) is 0 Å². The number of aromatic nitrogens is 1. The standard InChI is InChI=1S/C81H73N4OSi.Pt/c1-52-32-39-66-67-40-33-53(2)43-76(67)87(75(66)42-52)73-31-19-18-30-71(73)85(77-44-54(3)68(50-82-77)56-34-36-58(37-35-56)79(4,5)6)72-49-63(38-41-74(72)87)86-62-25-20-24-61(48-62)83-51-84(70-29-17-16-28-69(70)83)78-64(55-22-14-13-15-23-55)26-21-27-65(78)57-45-59(80(7,8)9)47-60(46-57)81(10,11)12;/h13-47,50-51H,1-12H3;/q-3;/i3D3,13D,14D,15D,22D,23D;. The van der Waals surface area contributed by atoms with Gasteiger partial charge in [0.1, 0.15) is 13.9 Å². The molecule has 0 N–H and O–H groups in total. The minimum atomic E-state index is -3.21. The number of nitrogens with zero attached hydrogens (tertiary/aromatic N) is 4. The van der Waals surface area contributed by atoms with Gasteiger partial charge in [0.25, 0.3) is 0 Å². The zero-order chi connectivity index (χ0) is 67.2. The van der Waals surface area contributed by atoms with E-state index in [1.807, 2.05) is 90.4 Å². The predicted octanol–water partition coefficient (Wildman–Crippen LogP) is 18.8. The Balaban J connectivity index is 0.00000833. The predicted molar refractivity (Wildman–Crippen MR) is 367 cm³/mol. The zero-order valence-corrected chi connectivity index (χ0v) is 54.8. The molecular weight excluding hydrogens is 1270 g/mol. The molecule has 0 amide bonds. The quantitative estimate of drug-likeness (QED) is 0.112. The molecule has 0 unspecified atom stereocenters. The molecule has 11 aromatic rings. The van der Waals surface area contributed by atoms with Crippen LogP contribution < -0.4 is 40.2 Å². The molecular formula is C81H73N4OPtSi-3. The van der Waals surface area contributed by atoms with Crippen LogP contribution in [0.2, 0.25) is 0 Å². The van der Waals surface area contributed by atoms with Crippen molar-refractivity contribution in [1.82, 2.24) is 4.98 Å². The largest absolute Gasteiger partial charge is 0.509 e. The fourth-order valence-electron chi connectivity index (χ4n) is 13.1. The Morgan fingerprint density at radius 1 is 0.489 bits per heavy atom. The van der Waals surface area contributed by atoms with E-state index in [9.17, 15) is 2.74 Å². The first-order valence-corrected chi connectivity index (χ1v) is 31.9. The summed E-state index contributed by atoms with van der Waals surface area (Å²) in [4.78, 5) is 11.4. The van der Waals surface area contributed by atoms with Gasteiger partial charge in [0, 0.05) is 82.3 Å². The third-order valence-corrected chi connectivity index (χ3v) is 22.5. The van der Waals surface area contributed by atoms with Gasteiger partial charge in [-0.1, -0.05) is 237 Å². The van der Waals surface area contributed by atoms with Gasteiger partial charge >= 0.3 is 0 Å². The van der Waals surface area contributed by atoms with E-state index in [0.29, 0.717) is 45.5 Å². The van der Waals surface area contributed by atoms with E-state index in [1.165, 1.54) is 21.5 Å². The maximum absolute atomic E-state index is 9.37. The molecule has 0 fully saturated rings. The molecule has 10 aromatic carbocycles. The van der Waals surface area contributed by atoms with Crippen LogP contribution in [0.25, 0.3) is 44.5 Å². The number of fused-ring (bicyclic) bond motifs is 10. The van der Waals surface area contributed by atoms with Gasteiger partial charge in [0.15, 0.2) is 0 Å². The van der Waals surface area contributed by atoms with Crippen LogP contribution in [0.4, 0.5) is 39.9 Å². The SMILES string of the molecule is [2H]c1c([2H])c([2H])c(-c2cccc(-c3cc(C(C)(C)C)cc(C(C)(C)C)c3)c2N2[CH-]N(c3[c-]c(Oc4[c-]c5c(cc4)[Si]4(c6cc(C)ccc6-c6ccc(C)cc64)c4ccccc4N5c4cc(C([2H])([2H])[2H])c(-c5ccc(C(C)(C)C)cc5)cn4)ccc3)c3ccccc32)c([2H])c1[2H].[Pt]. The summed E-state index contributed by atoms with van der Waals surface area (Å²) in [7, 11) is -3.21. The topological polar surface area (TPSA) is 31.8 Å². The number of ether oxygens (including phenoxy) is 1. The Labute approximate surface area is 547 Å². The molecule has 0 atom stereocenters. The number of benzene rings is 10. The van der Waals surface area contributed by atoms with Crippen LogP contribution >= 0.6 is 0 Å². The van der Waals surface area contributed by atoms with Gasteiger partial charge in [-0.3, -0.25) is 0 Å². The summed E-state index contributed by atoms with van der Waals surface area (Å²) >= 11 is 0. The fraction of sp³-hybridized carbons (Fsp3) is 0.185. The third kappa shape index (κ3) is 9.94. The molecule has 440 valence electrons. The molecule has 88 heavy (non-hydrogen) atoms. The average Bonchev–Trinajstić information content (AvgIpc) is 1.34. The molecule has 0 saturated heterocycles. The maximum Gasteiger partial charge on any atom is 0.135 e. The number of anilines is 7. The molecule has 0 saturated carbocycles. The number of para-hydroxylation sites is 4. The first-order valence-electron chi connectivity index (χ1n) is 33.9. The number of hydrogen-bond donors (Lipinski definition) is 0.